The second-order valence-electron chi connectivity index (χ2n) is 7.58. The molecule has 1 N–H and O–H groups in total. The van der Waals surface area contributed by atoms with Gasteiger partial charge in [-0.2, -0.15) is 13.2 Å². The molecule has 1 aliphatic rings. The maximum absolute atomic E-state index is 13.4. The number of hydrogen-bond acceptors (Lipinski definition) is 5. The predicted molar refractivity (Wildman–Crippen MR) is 123 cm³/mol. The van der Waals surface area contributed by atoms with Crippen LogP contribution < -0.4 is 4.90 Å². The van der Waals surface area contributed by atoms with Crippen LogP contribution in [0.15, 0.2) is 82.8 Å². The second kappa shape index (κ2) is 8.99. The summed E-state index contributed by atoms with van der Waals surface area (Å²) in [4.78, 5) is 37.6. The molecule has 35 heavy (non-hydrogen) atoms. The highest BCUT2D eigenvalue weighted by molar-refractivity contribution is 9.10. The standard InChI is InChI=1S/C24H14BrF3N2O5/c25-16-9-7-13(8-10-16)21(31)19-20(14-3-1-6-18(11-14)30(34)35)29(23(33)22(19)32)17-5-2-4-15(12-17)24(26,27)28/h1-12,20,31H/b21-19+. The summed E-state index contributed by atoms with van der Waals surface area (Å²) in [5, 5.41) is 22.3. The summed E-state index contributed by atoms with van der Waals surface area (Å²) >= 11 is 3.25. The number of ketones is 1. The fourth-order valence-electron chi connectivity index (χ4n) is 3.82. The van der Waals surface area contributed by atoms with Crippen molar-refractivity contribution >= 4 is 44.8 Å². The molecule has 3 aromatic carbocycles. The first-order valence-electron chi connectivity index (χ1n) is 9.97. The van der Waals surface area contributed by atoms with Crippen molar-refractivity contribution in [3.63, 3.8) is 0 Å². The Morgan fingerprint density at radius 3 is 2.29 bits per heavy atom. The number of alkyl halides is 3. The van der Waals surface area contributed by atoms with Crippen molar-refractivity contribution < 1.29 is 32.8 Å². The number of nitro groups is 1. The Bertz CT molecular complexity index is 1390. The summed E-state index contributed by atoms with van der Waals surface area (Å²) in [7, 11) is 0. The number of anilines is 1. The average molecular weight is 547 g/mol. The van der Waals surface area contributed by atoms with Gasteiger partial charge >= 0.3 is 6.18 Å². The minimum Gasteiger partial charge on any atom is -0.507 e. The molecular formula is C24H14BrF3N2O5. The Labute approximate surface area is 204 Å². The number of aliphatic hydroxyl groups is 1. The SMILES string of the molecule is O=C1C(=O)N(c2cccc(C(F)(F)F)c2)C(c2cccc([N+](=O)[O-])c2)/C1=C(\O)c1ccc(Br)cc1. The predicted octanol–water partition coefficient (Wildman–Crippen LogP) is 6.00. The number of nitro benzene ring substituents is 1. The number of carbonyl (C=O) groups excluding carboxylic acids is 2. The highest BCUT2D eigenvalue weighted by Gasteiger charge is 2.47. The van der Waals surface area contributed by atoms with Crippen molar-refractivity contribution in [2.24, 2.45) is 0 Å². The van der Waals surface area contributed by atoms with Crippen LogP contribution in [0, 0.1) is 10.1 Å². The monoisotopic (exact) mass is 546 g/mol. The molecule has 1 heterocycles. The van der Waals surface area contributed by atoms with Crippen LogP contribution in [0.3, 0.4) is 0 Å². The topological polar surface area (TPSA) is 101 Å². The number of rotatable bonds is 4. The Morgan fingerprint density at radius 1 is 1.00 bits per heavy atom. The minimum atomic E-state index is -4.72. The molecule has 11 heteroatoms. The van der Waals surface area contributed by atoms with Crippen LogP contribution in [0.25, 0.3) is 5.76 Å². The highest BCUT2D eigenvalue weighted by Crippen LogP contribution is 2.44. The van der Waals surface area contributed by atoms with Crippen molar-refractivity contribution in [3.8, 4) is 0 Å². The molecular weight excluding hydrogens is 533 g/mol. The molecule has 0 bridgehead atoms. The van der Waals surface area contributed by atoms with E-state index in [0.717, 1.165) is 23.1 Å². The largest absolute Gasteiger partial charge is 0.507 e. The first kappa shape index (κ1) is 24.1. The first-order valence-corrected chi connectivity index (χ1v) is 10.8. The van der Waals surface area contributed by atoms with Gasteiger partial charge in [0.25, 0.3) is 17.4 Å². The maximum Gasteiger partial charge on any atom is 0.416 e. The average Bonchev–Trinajstić information content (AvgIpc) is 3.09. The molecule has 1 unspecified atom stereocenters. The summed E-state index contributed by atoms with van der Waals surface area (Å²) in [6, 6.07) is 13.5. The molecule has 0 spiro atoms. The van der Waals surface area contributed by atoms with Crippen molar-refractivity contribution in [2.45, 2.75) is 12.2 Å². The van der Waals surface area contributed by atoms with Crippen molar-refractivity contribution in [2.75, 3.05) is 4.90 Å². The van der Waals surface area contributed by atoms with Crippen LogP contribution in [0.1, 0.15) is 22.7 Å². The Morgan fingerprint density at radius 2 is 1.66 bits per heavy atom. The third-order valence-corrected chi connectivity index (χ3v) is 5.94. The Kier molecular flexibility index (Phi) is 6.20. The molecule has 1 saturated heterocycles. The lowest BCUT2D eigenvalue weighted by Gasteiger charge is -2.26. The van der Waals surface area contributed by atoms with E-state index in [4.69, 9.17) is 0 Å². The van der Waals surface area contributed by atoms with E-state index in [9.17, 15) is 38.0 Å². The van der Waals surface area contributed by atoms with Gasteiger partial charge < -0.3 is 5.11 Å². The van der Waals surface area contributed by atoms with Crippen molar-refractivity contribution in [1.29, 1.82) is 0 Å². The van der Waals surface area contributed by atoms with E-state index in [1.165, 1.54) is 36.4 Å². The smallest absolute Gasteiger partial charge is 0.416 e. The van der Waals surface area contributed by atoms with Gasteiger partial charge in [0.1, 0.15) is 5.76 Å². The van der Waals surface area contributed by atoms with Crippen LogP contribution >= 0.6 is 15.9 Å². The lowest BCUT2D eigenvalue weighted by Crippen LogP contribution is -2.29. The van der Waals surface area contributed by atoms with Crippen LogP contribution in [-0.4, -0.2) is 21.7 Å². The number of nitrogens with zero attached hydrogens (tertiary/aromatic N) is 2. The van der Waals surface area contributed by atoms with Gasteiger partial charge in [-0.1, -0.05) is 46.3 Å². The summed E-state index contributed by atoms with van der Waals surface area (Å²) in [6.45, 7) is 0. The summed E-state index contributed by atoms with van der Waals surface area (Å²) in [6.07, 6.45) is -4.72. The molecule has 4 rings (SSSR count). The number of Topliss-reactive ketones (excluding diaryl/α,β-unsaturated/α-hetero) is 1. The number of amides is 1. The Balaban J connectivity index is 1.97. The minimum absolute atomic E-state index is 0.0643. The first-order chi connectivity index (χ1) is 16.5. The number of non-ortho nitro benzene ring substituents is 1. The van der Waals surface area contributed by atoms with Gasteiger partial charge in [-0.15, -0.1) is 0 Å². The maximum atomic E-state index is 13.4. The fraction of sp³-hybridized carbons (Fsp3) is 0.0833. The number of halogens is 4. The van der Waals surface area contributed by atoms with Gasteiger partial charge in [0.05, 0.1) is 22.1 Å². The molecule has 0 radical (unpaired) electrons. The summed E-state index contributed by atoms with van der Waals surface area (Å²) in [5.41, 5.74) is -1.84. The lowest BCUT2D eigenvalue weighted by molar-refractivity contribution is -0.384. The molecule has 0 aliphatic carbocycles. The third kappa shape index (κ3) is 4.54. The molecule has 178 valence electrons. The number of carbonyl (C=O) groups is 2. The van der Waals surface area contributed by atoms with Gasteiger partial charge in [-0.05, 0) is 35.9 Å². The fourth-order valence-corrected chi connectivity index (χ4v) is 4.08. The zero-order valence-electron chi connectivity index (χ0n) is 17.5. The van der Waals surface area contributed by atoms with Crippen LogP contribution in [0.4, 0.5) is 24.5 Å². The van der Waals surface area contributed by atoms with Gasteiger partial charge in [-0.25, -0.2) is 0 Å². The van der Waals surface area contributed by atoms with Gasteiger partial charge in [0.15, 0.2) is 0 Å². The molecule has 7 nitrogen and oxygen atoms in total. The van der Waals surface area contributed by atoms with Crippen LogP contribution in [-0.2, 0) is 15.8 Å². The van der Waals surface area contributed by atoms with E-state index in [1.54, 1.807) is 12.1 Å². The van der Waals surface area contributed by atoms with E-state index < -0.39 is 45.7 Å². The van der Waals surface area contributed by atoms with E-state index in [-0.39, 0.29) is 22.5 Å². The number of aliphatic hydroxyl groups excluding tert-OH is 1. The molecule has 1 atom stereocenters. The van der Waals surface area contributed by atoms with Crippen molar-refractivity contribution in [1.82, 2.24) is 0 Å². The van der Waals surface area contributed by atoms with Crippen LogP contribution in [0.5, 0.6) is 0 Å². The summed E-state index contributed by atoms with van der Waals surface area (Å²) in [5.74, 6) is -2.89. The van der Waals surface area contributed by atoms with E-state index >= 15 is 0 Å². The van der Waals surface area contributed by atoms with E-state index in [0.29, 0.717) is 10.5 Å². The molecule has 3 aromatic rings. The third-order valence-electron chi connectivity index (χ3n) is 5.41. The van der Waals surface area contributed by atoms with Crippen molar-refractivity contribution in [3.05, 3.63) is 110 Å². The molecule has 1 aliphatic heterocycles. The quantitative estimate of drug-likeness (QED) is 0.142. The van der Waals surface area contributed by atoms with E-state index in [2.05, 4.69) is 15.9 Å². The normalized spacial score (nSPS) is 17.6. The molecule has 1 amide bonds. The zero-order chi connectivity index (χ0) is 25.5. The molecule has 1 fully saturated rings. The number of hydrogen-bond donors (Lipinski definition) is 1. The number of benzene rings is 3. The second-order valence-corrected chi connectivity index (χ2v) is 8.49. The molecule has 0 saturated carbocycles. The van der Waals surface area contributed by atoms with Crippen LogP contribution in [0.2, 0.25) is 0 Å². The Hall–Kier alpha value is -3.99. The highest BCUT2D eigenvalue weighted by atomic mass is 79.9. The van der Waals surface area contributed by atoms with E-state index in [1.807, 2.05) is 0 Å². The zero-order valence-corrected chi connectivity index (χ0v) is 19.1. The van der Waals surface area contributed by atoms with Gasteiger partial charge in [0, 0.05) is 27.9 Å². The van der Waals surface area contributed by atoms with Gasteiger partial charge in [-0.3, -0.25) is 24.6 Å². The lowest BCUT2D eigenvalue weighted by atomic mass is 9.94. The van der Waals surface area contributed by atoms with Gasteiger partial charge in [0.2, 0.25) is 0 Å². The molecule has 0 aromatic heterocycles. The summed E-state index contributed by atoms with van der Waals surface area (Å²) < 4.78 is 40.7.